The number of aliphatic hydroxyl groups excluding tert-OH is 1. The highest BCUT2D eigenvalue weighted by molar-refractivity contribution is 5.49. The molecular weight excluding hydrogens is 314 g/mol. The number of nitrogens with zero attached hydrogens (tertiary/aromatic N) is 2. The number of rotatable bonds is 4. The van der Waals surface area contributed by atoms with Crippen molar-refractivity contribution in [3.05, 3.63) is 59.7 Å². The molecule has 24 heavy (non-hydrogen) atoms. The van der Waals surface area contributed by atoms with Gasteiger partial charge >= 0.3 is 0 Å². The highest BCUT2D eigenvalue weighted by atomic mass is 19.1. The number of β-amino-alcohol motifs (C(OH)–C–C–N with tert-alkyl or cyclic N) is 1. The van der Waals surface area contributed by atoms with Crippen molar-refractivity contribution in [2.24, 2.45) is 0 Å². The van der Waals surface area contributed by atoms with Crippen molar-refractivity contribution in [3.8, 4) is 5.75 Å². The van der Waals surface area contributed by atoms with Crippen molar-refractivity contribution >= 4 is 5.69 Å². The van der Waals surface area contributed by atoms with Crippen LogP contribution in [-0.4, -0.2) is 47.8 Å². The molecule has 0 spiro atoms. The van der Waals surface area contributed by atoms with E-state index in [0.717, 1.165) is 44.0 Å². The van der Waals surface area contributed by atoms with Gasteiger partial charge in [-0.1, -0.05) is 6.07 Å². The fourth-order valence-corrected chi connectivity index (χ4v) is 2.97. The molecule has 2 N–H and O–H groups in total. The largest absolute Gasteiger partial charge is 0.508 e. The minimum atomic E-state index is -0.981. The highest BCUT2D eigenvalue weighted by Gasteiger charge is 2.21. The van der Waals surface area contributed by atoms with E-state index in [9.17, 15) is 19.0 Å². The number of halogens is 2. The Kier molecular flexibility index (Phi) is 4.97. The predicted molar refractivity (Wildman–Crippen MR) is 88.1 cm³/mol. The quantitative estimate of drug-likeness (QED) is 0.902. The summed E-state index contributed by atoms with van der Waals surface area (Å²) in [6, 6.07) is 10.3. The highest BCUT2D eigenvalue weighted by Crippen LogP contribution is 2.22. The first-order chi connectivity index (χ1) is 11.5. The van der Waals surface area contributed by atoms with Gasteiger partial charge in [-0.05, 0) is 30.3 Å². The zero-order chi connectivity index (χ0) is 17.1. The van der Waals surface area contributed by atoms with E-state index in [1.807, 2.05) is 12.1 Å². The molecule has 1 aliphatic rings. The van der Waals surface area contributed by atoms with Crippen molar-refractivity contribution in [1.29, 1.82) is 0 Å². The molecule has 0 radical (unpaired) electrons. The van der Waals surface area contributed by atoms with Crippen molar-refractivity contribution in [2.75, 3.05) is 37.6 Å². The Morgan fingerprint density at radius 2 is 1.62 bits per heavy atom. The maximum Gasteiger partial charge on any atom is 0.131 e. The number of piperazine rings is 1. The van der Waals surface area contributed by atoms with Crippen LogP contribution in [0.15, 0.2) is 42.5 Å². The van der Waals surface area contributed by atoms with E-state index in [2.05, 4.69) is 9.80 Å². The third-order valence-electron chi connectivity index (χ3n) is 4.34. The molecule has 4 nitrogen and oxygen atoms in total. The van der Waals surface area contributed by atoms with E-state index >= 15 is 0 Å². The Morgan fingerprint density at radius 1 is 0.958 bits per heavy atom. The van der Waals surface area contributed by atoms with Crippen molar-refractivity contribution in [2.45, 2.75) is 6.10 Å². The first kappa shape index (κ1) is 16.7. The van der Waals surface area contributed by atoms with Crippen LogP contribution in [0.5, 0.6) is 5.75 Å². The van der Waals surface area contributed by atoms with Gasteiger partial charge in [-0.3, -0.25) is 4.90 Å². The van der Waals surface area contributed by atoms with Gasteiger partial charge in [-0.25, -0.2) is 8.78 Å². The summed E-state index contributed by atoms with van der Waals surface area (Å²) in [6.45, 7) is 3.35. The van der Waals surface area contributed by atoms with Crippen molar-refractivity contribution in [1.82, 2.24) is 4.90 Å². The smallest absolute Gasteiger partial charge is 0.131 e. The molecule has 128 valence electrons. The summed E-state index contributed by atoms with van der Waals surface area (Å²) in [5, 5.41) is 19.5. The molecule has 1 heterocycles. The number of aromatic hydroxyl groups is 1. The van der Waals surface area contributed by atoms with Gasteiger partial charge in [0.2, 0.25) is 0 Å². The number of aliphatic hydroxyl groups is 1. The molecule has 0 amide bonds. The minimum Gasteiger partial charge on any atom is -0.508 e. The second kappa shape index (κ2) is 7.15. The van der Waals surface area contributed by atoms with Crippen molar-refractivity contribution < 1.29 is 19.0 Å². The number of benzene rings is 2. The van der Waals surface area contributed by atoms with Crippen LogP contribution in [0.3, 0.4) is 0 Å². The van der Waals surface area contributed by atoms with E-state index < -0.39 is 17.7 Å². The maximum absolute atomic E-state index is 13.7. The fourth-order valence-electron chi connectivity index (χ4n) is 2.97. The summed E-state index contributed by atoms with van der Waals surface area (Å²) in [5.41, 5.74) is 1.16. The van der Waals surface area contributed by atoms with Gasteiger partial charge in [0.25, 0.3) is 0 Å². The van der Waals surface area contributed by atoms with Crippen LogP contribution in [0, 0.1) is 11.6 Å². The third kappa shape index (κ3) is 3.83. The first-order valence-electron chi connectivity index (χ1n) is 7.92. The molecule has 0 bridgehead atoms. The van der Waals surface area contributed by atoms with Gasteiger partial charge in [-0.2, -0.15) is 0 Å². The van der Waals surface area contributed by atoms with Crippen LogP contribution < -0.4 is 4.90 Å². The first-order valence-corrected chi connectivity index (χ1v) is 7.92. The van der Waals surface area contributed by atoms with E-state index in [-0.39, 0.29) is 11.3 Å². The lowest BCUT2D eigenvalue weighted by molar-refractivity contribution is 0.106. The molecule has 1 atom stereocenters. The number of phenolic OH excluding ortho intramolecular Hbond substituents is 1. The van der Waals surface area contributed by atoms with E-state index in [1.165, 1.54) is 6.07 Å². The Morgan fingerprint density at radius 3 is 2.25 bits per heavy atom. The molecule has 1 unspecified atom stereocenters. The zero-order valence-corrected chi connectivity index (χ0v) is 13.2. The molecule has 1 saturated heterocycles. The van der Waals surface area contributed by atoms with Crippen LogP contribution in [0.25, 0.3) is 0 Å². The molecule has 2 aromatic rings. The summed E-state index contributed by atoms with van der Waals surface area (Å²) in [7, 11) is 0. The van der Waals surface area contributed by atoms with Gasteiger partial charge in [0.15, 0.2) is 0 Å². The van der Waals surface area contributed by atoms with E-state index in [1.54, 1.807) is 12.1 Å². The SMILES string of the molecule is Oc1ccc(N2CCN(CC(O)c3ccc(F)cc3F)CC2)cc1. The Labute approximate surface area is 139 Å². The Bertz CT molecular complexity index is 686. The topological polar surface area (TPSA) is 46.9 Å². The normalized spacial score (nSPS) is 17.0. The van der Waals surface area contributed by atoms with Gasteiger partial charge < -0.3 is 15.1 Å². The number of phenols is 1. The lowest BCUT2D eigenvalue weighted by Gasteiger charge is -2.37. The standard InChI is InChI=1S/C18H20F2N2O2/c19-13-1-6-16(17(20)11-13)18(24)12-21-7-9-22(10-8-21)14-2-4-15(23)5-3-14/h1-6,11,18,23-24H,7-10,12H2. The average Bonchev–Trinajstić information content (AvgIpc) is 2.56. The lowest BCUT2D eigenvalue weighted by Crippen LogP contribution is -2.47. The third-order valence-corrected chi connectivity index (χ3v) is 4.34. The van der Waals surface area contributed by atoms with Gasteiger partial charge in [0.05, 0.1) is 6.10 Å². The predicted octanol–water partition coefficient (Wildman–Crippen LogP) is 2.53. The molecule has 6 heteroatoms. The summed E-state index contributed by atoms with van der Waals surface area (Å²) < 4.78 is 26.7. The molecule has 3 rings (SSSR count). The molecule has 0 aromatic heterocycles. The second-order valence-electron chi connectivity index (χ2n) is 5.99. The van der Waals surface area contributed by atoms with E-state index in [4.69, 9.17) is 0 Å². The monoisotopic (exact) mass is 334 g/mol. The Balaban J connectivity index is 1.56. The average molecular weight is 334 g/mol. The van der Waals surface area contributed by atoms with Crippen LogP contribution in [0.4, 0.5) is 14.5 Å². The molecular formula is C18H20F2N2O2. The summed E-state index contributed by atoms with van der Waals surface area (Å²) in [5.74, 6) is -1.13. The molecule has 0 saturated carbocycles. The number of hydrogen-bond acceptors (Lipinski definition) is 4. The van der Waals surface area contributed by atoms with Gasteiger partial charge in [0, 0.05) is 50.0 Å². The molecule has 2 aromatic carbocycles. The van der Waals surface area contributed by atoms with Crippen LogP contribution >= 0.6 is 0 Å². The van der Waals surface area contributed by atoms with Gasteiger partial charge in [-0.15, -0.1) is 0 Å². The van der Waals surface area contributed by atoms with Crippen LogP contribution in [0.1, 0.15) is 11.7 Å². The number of hydrogen-bond donors (Lipinski definition) is 2. The molecule has 1 aliphatic heterocycles. The van der Waals surface area contributed by atoms with Crippen LogP contribution in [-0.2, 0) is 0 Å². The van der Waals surface area contributed by atoms with Crippen LogP contribution in [0.2, 0.25) is 0 Å². The maximum atomic E-state index is 13.7. The fraction of sp³-hybridized carbons (Fsp3) is 0.333. The second-order valence-corrected chi connectivity index (χ2v) is 5.99. The number of anilines is 1. The summed E-state index contributed by atoms with van der Waals surface area (Å²) >= 11 is 0. The lowest BCUT2D eigenvalue weighted by atomic mass is 10.1. The zero-order valence-electron chi connectivity index (χ0n) is 13.2. The molecule has 1 fully saturated rings. The summed E-state index contributed by atoms with van der Waals surface area (Å²) in [4.78, 5) is 4.26. The van der Waals surface area contributed by atoms with Gasteiger partial charge in [0.1, 0.15) is 17.4 Å². The molecule has 0 aliphatic carbocycles. The minimum absolute atomic E-state index is 0.123. The summed E-state index contributed by atoms with van der Waals surface area (Å²) in [6.07, 6.45) is -0.981. The Hall–Kier alpha value is -2.18. The van der Waals surface area contributed by atoms with Crippen molar-refractivity contribution in [3.63, 3.8) is 0 Å². The van der Waals surface area contributed by atoms with E-state index in [0.29, 0.717) is 6.54 Å².